The smallest absolute Gasteiger partial charge is 0.222 e. The van der Waals surface area contributed by atoms with Gasteiger partial charge in [0, 0.05) is 41.6 Å². The largest absolute Gasteiger partial charge is 0.495 e. The van der Waals surface area contributed by atoms with E-state index in [-0.39, 0.29) is 17.7 Å². The Kier molecular flexibility index (Phi) is 8.74. The predicted molar refractivity (Wildman–Crippen MR) is 145 cm³/mol. The maximum absolute atomic E-state index is 12.0. The predicted octanol–water partition coefficient (Wildman–Crippen LogP) is 5.98. The van der Waals surface area contributed by atoms with E-state index in [1.165, 1.54) is 20.3 Å². The molecular formula is C27H29Cl2N3O5. The SMILES string of the molecule is C=CC(=O)C[C@H]1CCOC[C@H]1Nc1cc2c(OCC)nc(-c3c(Cl)c(OC)cc(OC)c3Cl)cc2cn1. The molecule has 8 nitrogen and oxygen atoms in total. The molecule has 3 aromatic rings. The fourth-order valence-electron chi connectivity index (χ4n) is 4.40. The van der Waals surface area contributed by atoms with Gasteiger partial charge in [-0.2, -0.15) is 0 Å². The summed E-state index contributed by atoms with van der Waals surface area (Å²) < 4.78 is 22.4. The number of fused-ring (bicyclic) bond motifs is 1. The van der Waals surface area contributed by atoms with Gasteiger partial charge in [0.05, 0.1) is 49.2 Å². The number of nitrogens with zero attached hydrogens (tertiary/aromatic N) is 2. The molecular weight excluding hydrogens is 517 g/mol. The molecule has 0 unspecified atom stereocenters. The summed E-state index contributed by atoms with van der Waals surface area (Å²) in [6.07, 6.45) is 4.30. The number of carbonyl (C=O) groups excluding carboxylic acids is 1. The number of methoxy groups -OCH3 is 2. The first kappa shape index (κ1) is 27.0. The Balaban J connectivity index is 1.75. The topological polar surface area (TPSA) is 91.8 Å². The summed E-state index contributed by atoms with van der Waals surface area (Å²) in [5.74, 6) is 2.01. The van der Waals surface area contributed by atoms with Gasteiger partial charge in [0.15, 0.2) is 5.78 Å². The van der Waals surface area contributed by atoms with Crippen LogP contribution < -0.4 is 19.5 Å². The maximum atomic E-state index is 12.0. The lowest BCUT2D eigenvalue weighted by Gasteiger charge is -2.32. The van der Waals surface area contributed by atoms with Gasteiger partial charge >= 0.3 is 0 Å². The van der Waals surface area contributed by atoms with Gasteiger partial charge in [0.2, 0.25) is 5.88 Å². The number of rotatable bonds is 10. The number of anilines is 1. The van der Waals surface area contributed by atoms with E-state index in [9.17, 15) is 4.79 Å². The highest BCUT2D eigenvalue weighted by Crippen LogP contribution is 2.46. The van der Waals surface area contributed by atoms with Gasteiger partial charge in [0.25, 0.3) is 0 Å². The van der Waals surface area contributed by atoms with Crippen molar-refractivity contribution >= 4 is 45.6 Å². The number of allylic oxidation sites excluding steroid dienone is 1. The van der Waals surface area contributed by atoms with Crippen molar-refractivity contribution in [3.05, 3.63) is 47.1 Å². The molecule has 1 aliphatic rings. The van der Waals surface area contributed by atoms with Gasteiger partial charge in [-0.1, -0.05) is 29.8 Å². The van der Waals surface area contributed by atoms with Gasteiger partial charge in [-0.05, 0) is 37.5 Å². The van der Waals surface area contributed by atoms with Gasteiger partial charge in [-0.15, -0.1) is 0 Å². The molecule has 0 saturated carbocycles. The highest BCUT2D eigenvalue weighted by molar-refractivity contribution is 6.41. The van der Waals surface area contributed by atoms with Crippen LogP contribution in [0, 0.1) is 5.92 Å². The van der Waals surface area contributed by atoms with Crippen molar-refractivity contribution in [2.75, 3.05) is 39.4 Å². The second kappa shape index (κ2) is 12.0. The third-order valence-corrected chi connectivity index (χ3v) is 7.06. The molecule has 1 N–H and O–H groups in total. The number of nitrogens with one attached hydrogen (secondary N) is 1. The Labute approximate surface area is 225 Å². The summed E-state index contributed by atoms with van der Waals surface area (Å²) in [7, 11) is 3.04. The molecule has 0 spiro atoms. The number of ether oxygens (including phenoxy) is 4. The monoisotopic (exact) mass is 545 g/mol. The number of benzene rings is 1. The Morgan fingerprint density at radius 1 is 1.22 bits per heavy atom. The summed E-state index contributed by atoms with van der Waals surface area (Å²) >= 11 is 13.3. The second-order valence-corrected chi connectivity index (χ2v) is 9.33. The van der Waals surface area contributed by atoms with Crippen LogP contribution in [0.4, 0.5) is 5.82 Å². The lowest BCUT2D eigenvalue weighted by molar-refractivity contribution is -0.116. The zero-order chi connectivity index (χ0) is 26.5. The van der Waals surface area contributed by atoms with E-state index in [4.69, 9.17) is 47.1 Å². The summed E-state index contributed by atoms with van der Waals surface area (Å²) in [5, 5.41) is 5.61. The molecule has 3 heterocycles. The third kappa shape index (κ3) is 5.76. The second-order valence-electron chi connectivity index (χ2n) is 8.57. The fraction of sp³-hybridized carbons (Fsp3) is 0.370. The molecule has 4 rings (SSSR count). The van der Waals surface area contributed by atoms with Gasteiger partial charge in [-0.25, -0.2) is 9.97 Å². The average molecular weight is 546 g/mol. The molecule has 1 aromatic carbocycles. The van der Waals surface area contributed by atoms with Crippen LogP contribution in [0.1, 0.15) is 19.8 Å². The highest BCUT2D eigenvalue weighted by atomic mass is 35.5. The summed E-state index contributed by atoms with van der Waals surface area (Å²) in [6.45, 7) is 6.99. The standard InChI is InChI=1S/C27H29Cl2N3O5/c1-5-17(33)9-15-7-8-36-14-20(15)31-23-11-18-16(13-30-23)10-19(32-27(18)37-6-2)24-25(28)21(34-3)12-22(35-4)26(24)29/h5,10-13,15,20H,1,6-9,14H2,2-4H3,(H,30,31)/t15-,20-/m1/s1. The van der Waals surface area contributed by atoms with Gasteiger partial charge < -0.3 is 24.3 Å². The molecule has 10 heteroatoms. The lowest BCUT2D eigenvalue weighted by atomic mass is 9.89. The van der Waals surface area contributed by atoms with Crippen LogP contribution in [0.15, 0.2) is 37.1 Å². The first-order valence-electron chi connectivity index (χ1n) is 11.9. The van der Waals surface area contributed by atoms with Crippen molar-refractivity contribution in [2.45, 2.75) is 25.8 Å². The normalized spacial score (nSPS) is 17.3. The summed E-state index contributed by atoms with van der Waals surface area (Å²) in [5.41, 5.74) is 0.966. The van der Waals surface area contributed by atoms with Crippen LogP contribution in [0.2, 0.25) is 10.0 Å². The van der Waals surface area contributed by atoms with Crippen molar-refractivity contribution in [2.24, 2.45) is 5.92 Å². The number of pyridine rings is 2. The van der Waals surface area contributed by atoms with Crippen LogP contribution in [-0.2, 0) is 9.53 Å². The van der Waals surface area contributed by atoms with Crippen molar-refractivity contribution in [1.82, 2.24) is 9.97 Å². The van der Waals surface area contributed by atoms with E-state index < -0.39 is 0 Å². The van der Waals surface area contributed by atoms with Gasteiger partial charge in [0.1, 0.15) is 17.3 Å². The molecule has 37 heavy (non-hydrogen) atoms. The number of ketones is 1. The minimum Gasteiger partial charge on any atom is -0.495 e. The van der Waals surface area contributed by atoms with Crippen LogP contribution in [0.25, 0.3) is 22.0 Å². The molecule has 2 atom stereocenters. The Hall–Kier alpha value is -3.07. The minimum absolute atomic E-state index is 0.0204. The number of carbonyl (C=O) groups is 1. The van der Waals surface area contributed by atoms with Crippen molar-refractivity contribution in [1.29, 1.82) is 0 Å². The minimum atomic E-state index is -0.0627. The Bertz CT molecular complexity index is 1290. The zero-order valence-electron chi connectivity index (χ0n) is 21.0. The highest BCUT2D eigenvalue weighted by Gasteiger charge is 2.28. The molecule has 0 bridgehead atoms. The molecule has 1 saturated heterocycles. The number of aromatic nitrogens is 2. The number of hydrogen-bond donors (Lipinski definition) is 1. The van der Waals surface area contributed by atoms with Crippen LogP contribution >= 0.6 is 23.2 Å². The molecule has 1 aliphatic heterocycles. The Morgan fingerprint density at radius 2 is 1.95 bits per heavy atom. The van der Waals surface area contributed by atoms with E-state index in [1.807, 2.05) is 19.1 Å². The zero-order valence-corrected chi connectivity index (χ0v) is 22.5. The van der Waals surface area contributed by atoms with Crippen LogP contribution in [0.5, 0.6) is 17.4 Å². The van der Waals surface area contributed by atoms with E-state index in [0.717, 1.165) is 17.2 Å². The van der Waals surface area contributed by atoms with E-state index in [0.29, 0.717) is 70.7 Å². The molecule has 0 amide bonds. The third-order valence-electron chi connectivity index (χ3n) is 6.31. The quantitative estimate of drug-likeness (QED) is 0.311. The summed E-state index contributed by atoms with van der Waals surface area (Å²) in [4.78, 5) is 21.3. The van der Waals surface area contributed by atoms with Crippen LogP contribution in [0.3, 0.4) is 0 Å². The molecule has 0 aliphatic carbocycles. The van der Waals surface area contributed by atoms with Crippen molar-refractivity contribution in [3.63, 3.8) is 0 Å². The Morgan fingerprint density at radius 3 is 2.59 bits per heavy atom. The maximum Gasteiger partial charge on any atom is 0.222 e. The fourth-order valence-corrected chi connectivity index (χ4v) is 5.09. The molecule has 1 fully saturated rings. The lowest BCUT2D eigenvalue weighted by Crippen LogP contribution is -2.39. The first-order valence-corrected chi connectivity index (χ1v) is 12.7. The number of hydrogen-bond acceptors (Lipinski definition) is 8. The van der Waals surface area contributed by atoms with Crippen molar-refractivity contribution in [3.8, 4) is 28.6 Å². The van der Waals surface area contributed by atoms with Crippen molar-refractivity contribution < 1.29 is 23.7 Å². The van der Waals surface area contributed by atoms with E-state index >= 15 is 0 Å². The van der Waals surface area contributed by atoms with E-state index in [2.05, 4.69) is 16.9 Å². The average Bonchev–Trinajstić information content (AvgIpc) is 2.90. The van der Waals surface area contributed by atoms with E-state index in [1.54, 1.807) is 12.3 Å². The number of halogens is 2. The molecule has 0 radical (unpaired) electrons. The van der Waals surface area contributed by atoms with Gasteiger partial charge in [-0.3, -0.25) is 4.79 Å². The van der Waals surface area contributed by atoms with Crippen LogP contribution in [-0.4, -0.2) is 55.8 Å². The summed E-state index contributed by atoms with van der Waals surface area (Å²) in [6, 6.07) is 5.29. The molecule has 2 aromatic heterocycles. The molecule has 196 valence electrons. The first-order chi connectivity index (χ1) is 17.9.